The van der Waals surface area contributed by atoms with Crippen molar-refractivity contribution in [3.8, 4) is 5.75 Å². The van der Waals surface area contributed by atoms with Crippen molar-refractivity contribution < 1.29 is 4.74 Å². The molecule has 2 rings (SSSR count). The van der Waals surface area contributed by atoms with Crippen LogP contribution in [-0.2, 0) is 12.8 Å². The van der Waals surface area contributed by atoms with E-state index < -0.39 is 0 Å². The van der Waals surface area contributed by atoms with Gasteiger partial charge in [-0.05, 0) is 48.6 Å². The summed E-state index contributed by atoms with van der Waals surface area (Å²) in [5.74, 6) is 1.38. The average Bonchev–Trinajstić information content (AvgIpc) is 2.48. The predicted molar refractivity (Wildman–Crippen MR) is 79.4 cm³/mol. The summed E-state index contributed by atoms with van der Waals surface area (Å²) in [4.78, 5) is 0. The molecule has 0 amide bonds. The summed E-state index contributed by atoms with van der Waals surface area (Å²) >= 11 is 0. The molecule has 0 aromatic heterocycles. The summed E-state index contributed by atoms with van der Waals surface area (Å²) in [7, 11) is 1.70. The first-order valence-corrected chi connectivity index (χ1v) is 6.68. The zero-order valence-corrected chi connectivity index (χ0v) is 11.4. The fourth-order valence-electron chi connectivity index (χ4n) is 2.32. The Morgan fingerprint density at radius 3 is 2.32 bits per heavy atom. The normalized spacial score (nSPS) is 12.1. The molecule has 0 aliphatic heterocycles. The third-order valence-corrected chi connectivity index (χ3v) is 3.36. The van der Waals surface area contributed by atoms with Gasteiger partial charge in [0.1, 0.15) is 5.75 Å². The Labute approximate surface area is 115 Å². The van der Waals surface area contributed by atoms with Gasteiger partial charge in [0.2, 0.25) is 0 Å². The largest absolute Gasteiger partial charge is 0.497 e. The summed E-state index contributed by atoms with van der Waals surface area (Å²) < 4.78 is 5.26. The monoisotopic (exact) mass is 255 g/mol. The number of benzene rings is 2. The zero-order chi connectivity index (χ0) is 13.5. The van der Waals surface area contributed by atoms with Crippen LogP contribution in [0.3, 0.4) is 0 Å². The minimum atomic E-state index is 0.467. The third-order valence-electron chi connectivity index (χ3n) is 3.36. The number of methoxy groups -OCH3 is 1. The van der Waals surface area contributed by atoms with Crippen LogP contribution in [-0.4, -0.2) is 13.7 Å². The molecular weight excluding hydrogens is 234 g/mol. The Balaban J connectivity index is 2.02. The van der Waals surface area contributed by atoms with Gasteiger partial charge in [0.25, 0.3) is 0 Å². The number of hydrogen-bond acceptors (Lipinski definition) is 2. The molecule has 0 fully saturated rings. The fourth-order valence-corrected chi connectivity index (χ4v) is 2.32. The highest BCUT2D eigenvalue weighted by atomic mass is 16.5. The van der Waals surface area contributed by atoms with E-state index in [0.29, 0.717) is 12.5 Å². The van der Waals surface area contributed by atoms with Gasteiger partial charge in [0, 0.05) is 0 Å². The quantitative estimate of drug-likeness (QED) is 0.861. The Kier molecular flexibility index (Phi) is 4.99. The molecule has 2 N–H and O–H groups in total. The molecule has 0 radical (unpaired) electrons. The topological polar surface area (TPSA) is 35.2 Å². The van der Waals surface area contributed by atoms with Gasteiger partial charge >= 0.3 is 0 Å². The summed E-state index contributed by atoms with van der Waals surface area (Å²) in [5.41, 5.74) is 8.54. The van der Waals surface area contributed by atoms with Crippen LogP contribution >= 0.6 is 0 Å². The van der Waals surface area contributed by atoms with E-state index in [1.807, 2.05) is 18.2 Å². The highest BCUT2D eigenvalue weighted by molar-refractivity contribution is 5.29. The van der Waals surface area contributed by atoms with Crippen molar-refractivity contribution in [1.29, 1.82) is 0 Å². The molecular formula is C17H21NO. The molecule has 0 saturated carbocycles. The highest BCUT2D eigenvalue weighted by Gasteiger charge is 2.09. The maximum Gasteiger partial charge on any atom is 0.119 e. The van der Waals surface area contributed by atoms with Crippen LogP contribution in [0.4, 0.5) is 0 Å². The number of nitrogens with two attached hydrogens (primary N) is 1. The molecule has 1 unspecified atom stereocenters. The molecule has 0 aliphatic carbocycles. The van der Waals surface area contributed by atoms with Crippen LogP contribution in [0.5, 0.6) is 5.75 Å². The summed E-state index contributed by atoms with van der Waals surface area (Å²) in [6.45, 7) is 0.701. The Hall–Kier alpha value is -1.80. The van der Waals surface area contributed by atoms with Crippen molar-refractivity contribution in [2.45, 2.75) is 12.8 Å². The minimum Gasteiger partial charge on any atom is -0.497 e. The van der Waals surface area contributed by atoms with E-state index in [9.17, 15) is 0 Å². The van der Waals surface area contributed by atoms with Crippen molar-refractivity contribution in [2.24, 2.45) is 11.7 Å². The maximum atomic E-state index is 5.91. The lowest BCUT2D eigenvalue weighted by molar-refractivity contribution is 0.413. The Bertz CT molecular complexity index is 496. The summed E-state index contributed by atoms with van der Waals surface area (Å²) in [6.07, 6.45) is 2.01. The molecule has 19 heavy (non-hydrogen) atoms. The van der Waals surface area contributed by atoms with Crippen molar-refractivity contribution in [1.82, 2.24) is 0 Å². The first-order valence-electron chi connectivity index (χ1n) is 6.68. The summed E-state index contributed by atoms with van der Waals surface area (Å²) in [5, 5.41) is 0. The smallest absolute Gasteiger partial charge is 0.119 e. The van der Waals surface area contributed by atoms with E-state index in [1.54, 1.807) is 7.11 Å². The summed E-state index contributed by atoms with van der Waals surface area (Å²) in [6, 6.07) is 18.8. The SMILES string of the molecule is COc1cccc(CC(CN)Cc2ccccc2)c1. The minimum absolute atomic E-state index is 0.467. The van der Waals surface area contributed by atoms with Gasteiger partial charge in [-0.15, -0.1) is 0 Å². The molecule has 0 bridgehead atoms. The van der Waals surface area contributed by atoms with Gasteiger partial charge in [-0.1, -0.05) is 42.5 Å². The van der Waals surface area contributed by atoms with Gasteiger partial charge in [0.05, 0.1) is 7.11 Å². The van der Waals surface area contributed by atoms with Gasteiger partial charge in [-0.25, -0.2) is 0 Å². The van der Waals surface area contributed by atoms with E-state index >= 15 is 0 Å². The van der Waals surface area contributed by atoms with E-state index in [0.717, 1.165) is 18.6 Å². The second-order valence-electron chi connectivity index (χ2n) is 4.85. The van der Waals surface area contributed by atoms with Crippen LogP contribution in [0.25, 0.3) is 0 Å². The lowest BCUT2D eigenvalue weighted by Crippen LogP contribution is -2.19. The first-order chi connectivity index (χ1) is 9.31. The Morgan fingerprint density at radius 1 is 0.947 bits per heavy atom. The molecule has 0 aliphatic rings. The molecule has 0 heterocycles. The van der Waals surface area contributed by atoms with Crippen LogP contribution in [0, 0.1) is 5.92 Å². The van der Waals surface area contributed by atoms with Gasteiger partial charge in [0.15, 0.2) is 0 Å². The molecule has 0 saturated heterocycles. The van der Waals surface area contributed by atoms with E-state index in [1.165, 1.54) is 11.1 Å². The predicted octanol–water partition coefficient (Wildman–Crippen LogP) is 3.06. The van der Waals surface area contributed by atoms with Crippen LogP contribution in [0.1, 0.15) is 11.1 Å². The molecule has 2 aromatic rings. The van der Waals surface area contributed by atoms with Gasteiger partial charge < -0.3 is 10.5 Å². The molecule has 2 nitrogen and oxygen atoms in total. The maximum absolute atomic E-state index is 5.91. The van der Waals surface area contributed by atoms with E-state index in [2.05, 4.69) is 36.4 Å². The zero-order valence-electron chi connectivity index (χ0n) is 11.4. The second kappa shape index (κ2) is 6.95. The van der Waals surface area contributed by atoms with Crippen LogP contribution < -0.4 is 10.5 Å². The number of hydrogen-bond donors (Lipinski definition) is 1. The number of ether oxygens (including phenoxy) is 1. The first kappa shape index (κ1) is 13.6. The third kappa shape index (κ3) is 4.11. The van der Waals surface area contributed by atoms with E-state index in [-0.39, 0.29) is 0 Å². The standard InChI is InChI=1S/C17H21NO/c1-19-17-9-5-8-15(12-17)11-16(13-18)10-14-6-3-2-4-7-14/h2-9,12,16H,10-11,13,18H2,1H3. The lowest BCUT2D eigenvalue weighted by atomic mass is 9.92. The highest BCUT2D eigenvalue weighted by Crippen LogP contribution is 2.18. The van der Waals surface area contributed by atoms with Crippen molar-refractivity contribution in [2.75, 3.05) is 13.7 Å². The van der Waals surface area contributed by atoms with Gasteiger partial charge in [-0.2, -0.15) is 0 Å². The fraction of sp³-hybridized carbons (Fsp3) is 0.294. The van der Waals surface area contributed by atoms with Crippen molar-refractivity contribution in [3.05, 3.63) is 65.7 Å². The molecule has 1 atom stereocenters. The van der Waals surface area contributed by atoms with Crippen molar-refractivity contribution in [3.63, 3.8) is 0 Å². The van der Waals surface area contributed by atoms with Gasteiger partial charge in [-0.3, -0.25) is 0 Å². The lowest BCUT2D eigenvalue weighted by Gasteiger charge is -2.15. The molecule has 2 aromatic carbocycles. The van der Waals surface area contributed by atoms with Crippen LogP contribution in [0.2, 0.25) is 0 Å². The van der Waals surface area contributed by atoms with Crippen molar-refractivity contribution >= 4 is 0 Å². The molecule has 0 spiro atoms. The van der Waals surface area contributed by atoms with Crippen LogP contribution in [0.15, 0.2) is 54.6 Å². The van der Waals surface area contributed by atoms with E-state index in [4.69, 9.17) is 10.5 Å². The molecule has 100 valence electrons. The Morgan fingerprint density at radius 2 is 1.63 bits per heavy atom. The molecule has 2 heteroatoms. The average molecular weight is 255 g/mol. The number of rotatable bonds is 6. The second-order valence-corrected chi connectivity index (χ2v) is 4.85.